The number of rotatable bonds is 2. The van der Waals surface area contributed by atoms with Gasteiger partial charge in [-0.2, -0.15) is 0 Å². The van der Waals surface area contributed by atoms with Crippen LogP contribution in [0.2, 0.25) is 0 Å². The molecule has 1 heterocycles. The maximum Gasteiger partial charge on any atom is 0.293 e. The van der Waals surface area contributed by atoms with Crippen LogP contribution in [0.5, 0.6) is 0 Å². The zero-order chi connectivity index (χ0) is 13.3. The second-order valence-corrected chi connectivity index (χ2v) is 5.51. The van der Waals surface area contributed by atoms with Crippen molar-refractivity contribution in [2.24, 2.45) is 5.92 Å². The lowest BCUT2D eigenvalue weighted by atomic mass is 9.96. The van der Waals surface area contributed by atoms with Crippen LogP contribution in [-0.4, -0.2) is 36.4 Å². The maximum atomic E-state index is 9.60. The van der Waals surface area contributed by atoms with Crippen molar-refractivity contribution < 1.29 is 14.6 Å². The summed E-state index contributed by atoms with van der Waals surface area (Å²) in [6.45, 7) is 10.0. The summed E-state index contributed by atoms with van der Waals surface area (Å²) in [4.78, 5) is 9.60. The van der Waals surface area contributed by atoms with Crippen LogP contribution in [0.3, 0.4) is 0 Å². The molecule has 0 aromatic carbocycles. The molecular weight excluding hydrogens is 218 g/mol. The molecule has 0 radical (unpaired) electrons. The Hall–Kier alpha value is -0.610. The Morgan fingerprint density at radius 3 is 2.41 bits per heavy atom. The summed E-state index contributed by atoms with van der Waals surface area (Å²) in [6.07, 6.45) is 3.43. The van der Waals surface area contributed by atoms with Gasteiger partial charge in [0.05, 0.1) is 6.10 Å². The number of hydrogen-bond acceptors (Lipinski definition) is 4. The summed E-state index contributed by atoms with van der Waals surface area (Å²) < 4.78 is 4.55. The third-order valence-electron chi connectivity index (χ3n) is 2.70. The van der Waals surface area contributed by atoms with Gasteiger partial charge in [-0.3, -0.25) is 4.79 Å². The molecule has 0 aliphatic carbocycles. The molecule has 0 aromatic heterocycles. The van der Waals surface area contributed by atoms with Crippen LogP contribution in [0.1, 0.15) is 47.0 Å². The van der Waals surface area contributed by atoms with E-state index in [4.69, 9.17) is 0 Å². The molecule has 1 fully saturated rings. The first-order chi connectivity index (χ1) is 7.87. The van der Waals surface area contributed by atoms with Gasteiger partial charge < -0.3 is 15.2 Å². The molecule has 2 atom stereocenters. The smallest absolute Gasteiger partial charge is 0.293 e. The number of hydrogen-bond donors (Lipinski definition) is 2. The molecule has 0 amide bonds. The van der Waals surface area contributed by atoms with Crippen LogP contribution in [0.4, 0.5) is 0 Å². The number of aliphatic hydroxyl groups is 1. The molecular formula is C13H27NO3. The van der Waals surface area contributed by atoms with E-state index < -0.39 is 0 Å². The highest BCUT2D eigenvalue weighted by Gasteiger charge is 2.15. The number of aliphatic hydroxyl groups excluding tert-OH is 1. The van der Waals surface area contributed by atoms with Gasteiger partial charge in [0.15, 0.2) is 0 Å². The van der Waals surface area contributed by atoms with Gasteiger partial charge in [0.25, 0.3) is 6.47 Å². The molecule has 0 aromatic rings. The van der Waals surface area contributed by atoms with Crippen LogP contribution in [0.15, 0.2) is 0 Å². The van der Waals surface area contributed by atoms with Gasteiger partial charge in [-0.1, -0.05) is 0 Å². The van der Waals surface area contributed by atoms with Gasteiger partial charge in [0.2, 0.25) is 0 Å². The van der Waals surface area contributed by atoms with Gasteiger partial charge in [0.1, 0.15) is 5.60 Å². The zero-order valence-corrected chi connectivity index (χ0v) is 11.5. The summed E-state index contributed by atoms with van der Waals surface area (Å²) in [5, 5.41) is 12.6. The minimum absolute atomic E-state index is 0.111. The van der Waals surface area contributed by atoms with Crippen LogP contribution < -0.4 is 5.32 Å². The van der Waals surface area contributed by atoms with E-state index >= 15 is 0 Å². The van der Waals surface area contributed by atoms with Gasteiger partial charge in [-0.05, 0) is 66.0 Å². The van der Waals surface area contributed by atoms with Gasteiger partial charge in [-0.25, -0.2) is 0 Å². The first kappa shape index (κ1) is 16.4. The topological polar surface area (TPSA) is 58.6 Å². The lowest BCUT2D eigenvalue weighted by molar-refractivity contribution is -0.138. The second-order valence-electron chi connectivity index (χ2n) is 5.51. The van der Waals surface area contributed by atoms with Gasteiger partial charge in [-0.15, -0.1) is 0 Å². The van der Waals surface area contributed by atoms with E-state index in [9.17, 15) is 9.90 Å². The molecule has 17 heavy (non-hydrogen) atoms. The van der Waals surface area contributed by atoms with Crippen molar-refractivity contribution >= 4 is 6.47 Å². The Kier molecular flexibility index (Phi) is 8.17. The lowest BCUT2D eigenvalue weighted by Crippen LogP contribution is -2.18. The summed E-state index contributed by atoms with van der Waals surface area (Å²) in [5.41, 5.74) is -0.318. The second kappa shape index (κ2) is 8.48. The highest BCUT2D eigenvalue weighted by atomic mass is 16.5. The highest BCUT2D eigenvalue weighted by Crippen LogP contribution is 2.16. The SMILES string of the molecule is CC(C)(C)OC=O.CC(O)C1CCCNCC1. The monoisotopic (exact) mass is 245 g/mol. The van der Waals surface area contributed by atoms with E-state index in [0.29, 0.717) is 12.4 Å². The standard InChI is InChI=1S/C8H17NO.C5H10O2/c1-7(10)8-3-2-5-9-6-4-8;1-5(2,3)7-4-6/h7-10H,2-6H2,1H3;4H,1-3H3. The number of nitrogens with one attached hydrogen (secondary N) is 1. The largest absolute Gasteiger partial charge is 0.462 e. The predicted octanol–water partition coefficient (Wildman–Crippen LogP) is 1.71. The van der Waals surface area contributed by atoms with Crippen molar-refractivity contribution in [3.8, 4) is 0 Å². The molecule has 2 N–H and O–H groups in total. The van der Waals surface area contributed by atoms with Gasteiger partial charge in [0, 0.05) is 0 Å². The minimum atomic E-state index is -0.318. The van der Waals surface area contributed by atoms with E-state index in [0.717, 1.165) is 19.5 Å². The summed E-state index contributed by atoms with van der Waals surface area (Å²) >= 11 is 0. The molecule has 0 spiro atoms. The Morgan fingerprint density at radius 2 is 2.00 bits per heavy atom. The molecule has 0 saturated carbocycles. The van der Waals surface area contributed by atoms with Crippen molar-refractivity contribution in [2.75, 3.05) is 13.1 Å². The predicted molar refractivity (Wildman–Crippen MR) is 68.8 cm³/mol. The number of carbonyl (C=O) groups is 1. The Morgan fingerprint density at radius 1 is 1.35 bits per heavy atom. The highest BCUT2D eigenvalue weighted by molar-refractivity contribution is 5.37. The first-order valence-corrected chi connectivity index (χ1v) is 6.37. The average Bonchev–Trinajstić information content (AvgIpc) is 2.44. The normalized spacial score (nSPS) is 22.8. The average molecular weight is 245 g/mol. The Balaban J connectivity index is 0.000000325. The summed E-state index contributed by atoms with van der Waals surface area (Å²) in [7, 11) is 0. The first-order valence-electron chi connectivity index (χ1n) is 6.37. The molecule has 1 aliphatic rings. The van der Waals surface area contributed by atoms with Crippen molar-refractivity contribution in [3.05, 3.63) is 0 Å². The van der Waals surface area contributed by atoms with Crippen LogP contribution >= 0.6 is 0 Å². The number of ether oxygens (including phenoxy) is 1. The van der Waals surface area contributed by atoms with Crippen LogP contribution in [0.25, 0.3) is 0 Å². The van der Waals surface area contributed by atoms with Gasteiger partial charge >= 0.3 is 0 Å². The molecule has 4 heteroatoms. The van der Waals surface area contributed by atoms with Crippen molar-refractivity contribution in [3.63, 3.8) is 0 Å². The van der Waals surface area contributed by atoms with Crippen molar-refractivity contribution in [2.45, 2.75) is 58.7 Å². The van der Waals surface area contributed by atoms with Crippen molar-refractivity contribution in [1.82, 2.24) is 5.32 Å². The van der Waals surface area contributed by atoms with E-state index in [2.05, 4.69) is 10.1 Å². The van der Waals surface area contributed by atoms with E-state index in [1.807, 2.05) is 27.7 Å². The van der Waals surface area contributed by atoms with Crippen molar-refractivity contribution in [1.29, 1.82) is 0 Å². The fraction of sp³-hybridized carbons (Fsp3) is 0.923. The zero-order valence-electron chi connectivity index (χ0n) is 11.5. The van der Waals surface area contributed by atoms with E-state index in [1.54, 1.807) is 0 Å². The molecule has 1 saturated heterocycles. The molecule has 102 valence electrons. The molecule has 0 bridgehead atoms. The molecule has 1 rings (SSSR count). The Bertz CT molecular complexity index is 191. The fourth-order valence-electron chi connectivity index (χ4n) is 1.67. The van der Waals surface area contributed by atoms with Crippen LogP contribution in [-0.2, 0) is 9.53 Å². The maximum absolute atomic E-state index is 9.60. The third kappa shape index (κ3) is 10.3. The molecule has 4 nitrogen and oxygen atoms in total. The quantitative estimate of drug-likeness (QED) is 0.727. The molecule has 2 unspecified atom stereocenters. The minimum Gasteiger partial charge on any atom is -0.462 e. The fourth-order valence-corrected chi connectivity index (χ4v) is 1.67. The van der Waals surface area contributed by atoms with E-state index in [-0.39, 0.29) is 11.7 Å². The summed E-state index contributed by atoms with van der Waals surface area (Å²) in [6, 6.07) is 0. The summed E-state index contributed by atoms with van der Waals surface area (Å²) in [5.74, 6) is 0.537. The molecule has 1 aliphatic heterocycles. The number of carbonyl (C=O) groups excluding carboxylic acids is 1. The lowest BCUT2D eigenvalue weighted by Gasteiger charge is -2.15. The third-order valence-corrected chi connectivity index (χ3v) is 2.70. The van der Waals surface area contributed by atoms with Crippen LogP contribution in [0, 0.1) is 5.92 Å². The Labute approximate surface area is 105 Å². The van der Waals surface area contributed by atoms with E-state index in [1.165, 1.54) is 12.8 Å².